The zero-order valence-corrected chi connectivity index (χ0v) is 16.3. The van der Waals surface area contributed by atoms with Gasteiger partial charge >= 0.3 is 0 Å². The van der Waals surface area contributed by atoms with Gasteiger partial charge in [0.2, 0.25) is 0 Å². The van der Waals surface area contributed by atoms with Gasteiger partial charge in [-0.2, -0.15) is 5.26 Å². The van der Waals surface area contributed by atoms with Gasteiger partial charge in [0.25, 0.3) is 0 Å². The number of piperazine rings is 1. The van der Waals surface area contributed by atoms with Crippen LogP contribution in [-0.4, -0.2) is 61.1 Å². The third kappa shape index (κ3) is 4.75. The number of nitrogens with zero attached hydrogens (tertiary/aromatic N) is 3. The van der Waals surface area contributed by atoms with Crippen molar-refractivity contribution in [3.05, 3.63) is 58.6 Å². The lowest BCUT2D eigenvalue weighted by atomic mass is 10.0. The Morgan fingerprint density at radius 1 is 1.07 bits per heavy atom. The van der Waals surface area contributed by atoms with E-state index in [4.69, 9.17) is 26.7 Å². The quantitative estimate of drug-likeness (QED) is 0.741. The first-order valence-electron chi connectivity index (χ1n) is 9.29. The van der Waals surface area contributed by atoms with Crippen LogP contribution in [0.2, 0.25) is 5.02 Å². The van der Waals surface area contributed by atoms with E-state index in [9.17, 15) is 5.11 Å². The third-order valence-electron chi connectivity index (χ3n) is 4.97. The molecule has 0 radical (unpaired) electrons. The number of hydrogen-bond acceptors (Lipinski definition) is 6. The summed E-state index contributed by atoms with van der Waals surface area (Å²) in [5, 5.41) is 28.3. The van der Waals surface area contributed by atoms with E-state index in [2.05, 4.69) is 15.9 Å². The molecule has 0 bridgehead atoms. The minimum atomic E-state index is -0.0837. The van der Waals surface area contributed by atoms with Crippen molar-refractivity contribution in [3.63, 3.8) is 0 Å². The number of aliphatic hydroxyl groups excluding tert-OH is 2. The van der Waals surface area contributed by atoms with Crippen LogP contribution in [0.15, 0.2) is 42.5 Å². The summed E-state index contributed by atoms with van der Waals surface area (Å²) in [5.41, 5.74) is 2.58. The fourth-order valence-electron chi connectivity index (χ4n) is 3.48. The zero-order valence-electron chi connectivity index (χ0n) is 15.6. The lowest BCUT2D eigenvalue weighted by Gasteiger charge is -2.40. The van der Waals surface area contributed by atoms with Crippen molar-refractivity contribution >= 4 is 17.3 Å². The molecule has 1 atom stereocenters. The molecule has 148 valence electrons. The fourth-order valence-corrected chi connectivity index (χ4v) is 3.77. The highest BCUT2D eigenvalue weighted by molar-refractivity contribution is 6.33. The number of rotatable bonds is 7. The summed E-state index contributed by atoms with van der Waals surface area (Å²) in [4.78, 5) is 4.48. The van der Waals surface area contributed by atoms with E-state index in [1.165, 1.54) is 0 Å². The number of nitriles is 1. The second kappa shape index (κ2) is 9.76. The summed E-state index contributed by atoms with van der Waals surface area (Å²) in [6, 6.07) is 15.0. The van der Waals surface area contributed by atoms with Crippen LogP contribution in [0, 0.1) is 11.3 Å². The predicted molar refractivity (Wildman–Crippen MR) is 109 cm³/mol. The van der Waals surface area contributed by atoms with E-state index in [0.29, 0.717) is 16.3 Å². The Bertz CT molecular complexity index is 815. The zero-order chi connectivity index (χ0) is 19.9. The summed E-state index contributed by atoms with van der Waals surface area (Å²) < 4.78 is 5.40. The molecule has 0 saturated carbocycles. The first-order valence-corrected chi connectivity index (χ1v) is 9.67. The second-order valence-electron chi connectivity index (χ2n) is 6.64. The molecule has 1 aliphatic rings. The molecule has 3 rings (SSSR count). The van der Waals surface area contributed by atoms with Crippen LogP contribution in [0.25, 0.3) is 0 Å². The molecule has 0 amide bonds. The summed E-state index contributed by atoms with van der Waals surface area (Å²) >= 11 is 6.43. The highest BCUT2D eigenvalue weighted by Crippen LogP contribution is 2.31. The van der Waals surface area contributed by atoms with E-state index in [-0.39, 0.29) is 25.9 Å². The number of benzene rings is 2. The van der Waals surface area contributed by atoms with Crippen molar-refractivity contribution in [2.75, 3.05) is 50.9 Å². The van der Waals surface area contributed by atoms with E-state index in [0.717, 1.165) is 37.4 Å². The SMILES string of the molecule is N#Cc1ccc(C(CO)N2CCN(c3ccc(OCCO)cc3Cl)CC2)cc1. The van der Waals surface area contributed by atoms with Gasteiger partial charge in [-0.25, -0.2) is 0 Å². The maximum atomic E-state index is 9.91. The Hall–Kier alpha value is -2.30. The van der Waals surface area contributed by atoms with E-state index >= 15 is 0 Å². The van der Waals surface area contributed by atoms with Crippen molar-refractivity contribution in [1.82, 2.24) is 4.90 Å². The monoisotopic (exact) mass is 401 g/mol. The minimum absolute atomic E-state index is 0.0313. The number of ether oxygens (including phenoxy) is 1. The fraction of sp³-hybridized carbons (Fsp3) is 0.381. The Labute approximate surface area is 170 Å². The summed E-state index contributed by atoms with van der Waals surface area (Å²) in [7, 11) is 0. The molecular formula is C21H24ClN3O3. The molecule has 2 N–H and O–H groups in total. The molecule has 1 heterocycles. The predicted octanol–water partition coefficient (Wildman–Crippen LogP) is 2.44. The summed E-state index contributed by atoms with van der Waals surface area (Å²) in [6.45, 7) is 3.42. The van der Waals surface area contributed by atoms with Gasteiger partial charge in [0, 0.05) is 32.2 Å². The molecule has 1 fully saturated rings. The first kappa shape index (κ1) is 20.4. The van der Waals surface area contributed by atoms with Crippen molar-refractivity contribution in [2.45, 2.75) is 6.04 Å². The lowest BCUT2D eigenvalue weighted by molar-refractivity contribution is 0.117. The van der Waals surface area contributed by atoms with Gasteiger partial charge in [0.1, 0.15) is 12.4 Å². The molecule has 28 heavy (non-hydrogen) atoms. The number of halogens is 1. The third-order valence-corrected chi connectivity index (χ3v) is 5.28. The van der Waals surface area contributed by atoms with Gasteiger partial charge in [-0.3, -0.25) is 4.90 Å². The molecule has 0 aliphatic carbocycles. The van der Waals surface area contributed by atoms with Crippen LogP contribution >= 0.6 is 11.6 Å². The van der Waals surface area contributed by atoms with Crippen molar-refractivity contribution in [3.8, 4) is 11.8 Å². The second-order valence-corrected chi connectivity index (χ2v) is 7.05. The smallest absolute Gasteiger partial charge is 0.121 e. The van der Waals surface area contributed by atoms with Crippen molar-refractivity contribution in [2.24, 2.45) is 0 Å². The molecule has 2 aromatic carbocycles. The number of anilines is 1. The normalized spacial score (nSPS) is 15.9. The molecule has 1 aliphatic heterocycles. The Morgan fingerprint density at radius 2 is 1.79 bits per heavy atom. The van der Waals surface area contributed by atoms with E-state index in [1.54, 1.807) is 18.2 Å². The average molecular weight is 402 g/mol. The van der Waals surface area contributed by atoms with Crippen molar-refractivity contribution < 1.29 is 14.9 Å². The van der Waals surface area contributed by atoms with Gasteiger partial charge in [-0.05, 0) is 29.8 Å². The molecule has 2 aromatic rings. The molecule has 0 aromatic heterocycles. The van der Waals surface area contributed by atoms with Gasteiger partial charge in [0.05, 0.1) is 41.6 Å². The Kier molecular flexibility index (Phi) is 7.12. The molecule has 7 heteroatoms. The van der Waals surface area contributed by atoms with E-state index in [1.807, 2.05) is 24.3 Å². The highest BCUT2D eigenvalue weighted by Gasteiger charge is 2.25. The van der Waals surface area contributed by atoms with Gasteiger partial charge in [-0.1, -0.05) is 23.7 Å². The lowest BCUT2D eigenvalue weighted by Crippen LogP contribution is -2.48. The van der Waals surface area contributed by atoms with Gasteiger partial charge in [-0.15, -0.1) is 0 Å². The molecule has 0 spiro atoms. The summed E-state index contributed by atoms with van der Waals surface area (Å²) in [6.07, 6.45) is 0. The van der Waals surface area contributed by atoms with Crippen LogP contribution in [0.1, 0.15) is 17.2 Å². The molecule has 1 saturated heterocycles. The molecule has 1 unspecified atom stereocenters. The van der Waals surface area contributed by atoms with Crippen LogP contribution in [0.4, 0.5) is 5.69 Å². The van der Waals surface area contributed by atoms with Crippen LogP contribution in [0.5, 0.6) is 5.75 Å². The number of hydrogen-bond donors (Lipinski definition) is 2. The van der Waals surface area contributed by atoms with Crippen molar-refractivity contribution in [1.29, 1.82) is 5.26 Å². The average Bonchev–Trinajstić information content (AvgIpc) is 2.74. The topological polar surface area (TPSA) is 80.0 Å². The van der Waals surface area contributed by atoms with Gasteiger partial charge in [0.15, 0.2) is 0 Å². The standard InChI is InChI=1S/C21H24ClN3O3/c22-19-13-18(28-12-11-26)5-6-20(19)24-7-9-25(10-8-24)21(15-27)17-3-1-16(14-23)2-4-17/h1-6,13,21,26-27H,7-12,15H2. The molecular weight excluding hydrogens is 378 g/mol. The highest BCUT2D eigenvalue weighted by atomic mass is 35.5. The van der Waals surface area contributed by atoms with Crippen LogP contribution < -0.4 is 9.64 Å². The minimum Gasteiger partial charge on any atom is -0.491 e. The first-order chi connectivity index (χ1) is 13.7. The molecule has 6 nitrogen and oxygen atoms in total. The largest absolute Gasteiger partial charge is 0.491 e. The summed E-state index contributed by atoms with van der Waals surface area (Å²) in [5.74, 6) is 0.641. The van der Waals surface area contributed by atoms with E-state index < -0.39 is 0 Å². The maximum absolute atomic E-state index is 9.91. The van der Waals surface area contributed by atoms with Crippen LogP contribution in [-0.2, 0) is 0 Å². The maximum Gasteiger partial charge on any atom is 0.121 e. The Morgan fingerprint density at radius 3 is 2.36 bits per heavy atom. The Balaban J connectivity index is 1.63. The van der Waals surface area contributed by atoms with Gasteiger partial charge < -0.3 is 19.8 Å². The van der Waals surface area contributed by atoms with Crippen LogP contribution in [0.3, 0.4) is 0 Å². The number of aliphatic hydroxyl groups is 2.